The highest BCUT2D eigenvalue weighted by Gasteiger charge is 2.25. The Morgan fingerprint density at radius 1 is 0.405 bits per heavy atom. The van der Waals surface area contributed by atoms with E-state index in [1.807, 2.05) is 60.7 Å². The molecule has 4 nitrogen and oxygen atoms in total. The van der Waals surface area contributed by atoms with Crippen molar-refractivity contribution < 1.29 is 9.47 Å². The maximum atomic E-state index is 6.90. The lowest BCUT2D eigenvalue weighted by atomic mass is 9.94. The van der Waals surface area contributed by atoms with Crippen LogP contribution in [0.25, 0.3) is 0 Å². The minimum atomic E-state index is 0.251. The zero-order chi connectivity index (χ0) is 30.2. The van der Waals surface area contributed by atoms with Gasteiger partial charge < -0.3 is 9.47 Å². The number of benzene rings is 4. The first kappa shape index (κ1) is 30.8. The molecule has 42 heavy (non-hydrogen) atoms. The molecule has 4 rings (SSSR count). The topological polar surface area (TPSA) is 43.2 Å². The SMILES string of the molecule is CC(C)c1cccc(C(C)C)c1OC(=Nc1ccccc1)C(=Nc1ccccc1)Oc1c(C(C)C)cccc1C(C)C. The molecule has 0 fully saturated rings. The molecule has 0 amide bonds. The Hall–Kier alpha value is -4.18. The van der Waals surface area contributed by atoms with E-state index in [-0.39, 0.29) is 23.7 Å². The number of nitrogens with zero attached hydrogens (tertiary/aromatic N) is 2. The third-order valence-electron chi connectivity index (χ3n) is 7.19. The van der Waals surface area contributed by atoms with Crippen LogP contribution in [-0.4, -0.2) is 11.8 Å². The first-order chi connectivity index (χ1) is 20.2. The Bertz CT molecular complexity index is 1350. The molecule has 0 saturated carbocycles. The summed E-state index contributed by atoms with van der Waals surface area (Å²) >= 11 is 0. The molecule has 0 saturated heterocycles. The summed E-state index contributed by atoms with van der Waals surface area (Å²) in [5.74, 6) is 3.25. The number of aliphatic imine (C=N–C) groups is 2. The predicted octanol–water partition coefficient (Wildman–Crippen LogP) is 11.1. The maximum absolute atomic E-state index is 6.90. The van der Waals surface area contributed by atoms with E-state index in [0.717, 1.165) is 45.1 Å². The van der Waals surface area contributed by atoms with Crippen LogP contribution in [0.4, 0.5) is 11.4 Å². The zero-order valence-corrected chi connectivity index (χ0v) is 26.3. The van der Waals surface area contributed by atoms with Crippen molar-refractivity contribution in [1.82, 2.24) is 0 Å². The molecule has 0 heterocycles. The molecule has 4 aromatic carbocycles. The van der Waals surface area contributed by atoms with E-state index in [1.165, 1.54) is 0 Å². The van der Waals surface area contributed by atoms with Gasteiger partial charge in [0.2, 0.25) is 0 Å². The van der Waals surface area contributed by atoms with Crippen molar-refractivity contribution in [3.05, 3.63) is 119 Å². The summed E-state index contributed by atoms with van der Waals surface area (Å²) in [6, 6.07) is 32.4. The van der Waals surface area contributed by atoms with Crippen LogP contribution in [0.1, 0.15) is 101 Å². The number of rotatable bonds is 8. The van der Waals surface area contributed by atoms with Gasteiger partial charge in [-0.25, -0.2) is 9.98 Å². The molecule has 0 N–H and O–H groups in total. The molecule has 0 aromatic heterocycles. The van der Waals surface area contributed by atoms with E-state index in [2.05, 4.69) is 91.8 Å². The van der Waals surface area contributed by atoms with Crippen molar-refractivity contribution in [2.24, 2.45) is 9.98 Å². The second-order valence-electron chi connectivity index (χ2n) is 11.9. The average molecular weight is 561 g/mol. The third kappa shape index (κ3) is 7.55. The van der Waals surface area contributed by atoms with Gasteiger partial charge in [0.15, 0.2) is 0 Å². The van der Waals surface area contributed by atoms with Gasteiger partial charge in [-0.05, 0) is 70.2 Å². The summed E-state index contributed by atoms with van der Waals surface area (Å²) in [4.78, 5) is 10.1. The van der Waals surface area contributed by atoms with Crippen molar-refractivity contribution in [3.63, 3.8) is 0 Å². The highest BCUT2D eigenvalue weighted by atomic mass is 16.5. The van der Waals surface area contributed by atoms with Crippen LogP contribution in [0.15, 0.2) is 107 Å². The lowest BCUT2D eigenvalue weighted by molar-refractivity contribution is 0.491. The van der Waals surface area contributed by atoms with E-state index in [1.54, 1.807) is 0 Å². The molecule has 0 atom stereocenters. The van der Waals surface area contributed by atoms with E-state index in [9.17, 15) is 0 Å². The highest BCUT2D eigenvalue weighted by molar-refractivity contribution is 6.37. The summed E-state index contributed by atoms with van der Waals surface area (Å²) in [5.41, 5.74) is 5.98. The van der Waals surface area contributed by atoms with Crippen LogP contribution >= 0.6 is 0 Å². The predicted molar refractivity (Wildman–Crippen MR) is 178 cm³/mol. The van der Waals surface area contributed by atoms with Gasteiger partial charge in [-0.3, -0.25) is 0 Å². The van der Waals surface area contributed by atoms with Crippen molar-refractivity contribution in [2.45, 2.75) is 79.1 Å². The van der Waals surface area contributed by atoms with Gasteiger partial charge in [0.25, 0.3) is 11.8 Å². The molecular weight excluding hydrogens is 516 g/mol. The quantitative estimate of drug-likeness (QED) is 0.159. The molecule has 218 valence electrons. The normalized spacial score (nSPS) is 12.5. The first-order valence-corrected chi connectivity index (χ1v) is 15.0. The highest BCUT2D eigenvalue weighted by Crippen LogP contribution is 2.37. The molecule has 0 unspecified atom stereocenters. The summed E-state index contributed by atoms with van der Waals surface area (Å²) < 4.78 is 13.8. The van der Waals surface area contributed by atoms with Crippen molar-refractivity contribution in [1.29, 1.82) is 0 Å². The minimum absolute atomic E-state index is 0.251. The van der Waals surface area contributed by atoms with Gasteiger partial charge in [-0.2, -0.15) is 0 Å². The lowest BCUT2D eigenvalue weighted by Gasteiger charge is -2.23. The average Bonchev–Trinajstić information content (AvgIpc) is 2.97. The van der Waals surface area contributed by atoms with Crippen molar-refractivity contribution in [2.75, 3.05) is 0 Å². The Morgan fingerprint density at radius 3 is 0.952 bits per heavy atom. The maximum Gasteiger partial charge on any atom is 0.284 e. The smallest absolute Gasteiger partial charge is 0.284 e. The second kappa shape index (κ2) is 14.1. The molecular formula is C38H44N2O2. The second-order valence-corrected chi connectivity index (χ2v) is 11.9. The fraction of sp³-hybridized carbons (Fsp3) is 0.316. The van der Waals surface area contributed by atoms with Gasteiger partial charge in [-0.15, -0.1) is 0 Å². The van der Waals surface area contributed by atoms with Crippen molar-refractivity contribution >= 4 is 23.2 Å². The molecule has 0 bridgehead atoms. The molecule has 0 aliphatic heterocycles. The van der Waals surface area contributed by atoms with Crippen LogP contribution in [0, 0.1) is 0 Å². The van der Waals surface area contributed by atoms with Gasteiger partial charge in [0.05, 0.1) is 11.4 Å². The summed E-state index contributed by atoms with van der Waals surface area (Å²) in [6.45, 7) is 17.5. The Labute approximate surface area is 252 Å². The molecule has 4 heteroatoms. The first-order valence-electron chi connectivity index (χ1n) is 15.0. The summed E-state index contributed by atoms with van der Waals surface area (Å²) in [6.07, 6.45) is 0. The summed E-state index contributed by atoms with van der Waals surface area (Å²) in [5, 5.41) is 0. The number of hydrogen-bond donors (Lipinski definition) is 0. The van der Waals surface area contributed by atoms with E-state index >= 15 is 0 Å². The van der Waals surface area contributed by atoms with Gasteiger partial charge >= 0.3 is 0 Å². The van der Waals surface area contributed by atoms with Gasteiger partial charge in [0, 0.05) is 0 Å². The standard InChI is InChI=1S/C38H44N2O2/c1-25(2)31-21-15-22-32(26(3)4)35(31)41-37(39-29-17-11-9-12-18-29)38(40-30-19-13-10-14-20-30)42-36-33(27(5)6)23-16-24-34(36)28(7)8/h9-28H,1-8H3. The minimum Gasteiger partial charge on any atom is -0.434 e. The number of ether oxygens (including phenoxy) is 2. The van der Waals surface area contributed by atoms with Gasteiger partial charge in [-0.1, -0.05) is 128 Å². The fourth-order valence-electron chi connectivity index (χ4n) is 4.86. The zero-order valence-electron chi connectivity index (χ0n) is 26.3. The third-order valence-corrected chi connectivity index (χ3v) is 7.19. The molecule has 0 aliphatic rings. The van der Waals surface area contributed by atoms with Crippen LogP contribution in [0.2, 0.25) is 0 Å². The number of para-hydroxylation sites is 4. The monoisotopic (exact) mass is 560 g/mol. The van der Waals surface area contributed by atoms with E-state index in [4.69, 9.17) is 19.5 Å². The largest absolute Gasteiger partial charge is 0.434 e. The lowest BCUT2D eigenvalue weighted by Crippen LogP contribution is -2.28. The van der Waals surface area contributed by atoms with E-state index < -0.39 is 0 Å². The van der Waals surface area contributed by atoms with E-state index in [0.29, 0.717) is 11.8 Å². The van der Waals surface area contributed by atoms with Crippen LogP contribution < -0.4 is 9.47 Å². The Morgan fingerprint density at radius 2 is 0.690 bits per heavy atom. The Kier molecular flexibility index (Phi) is 10.4. The van der Waals surface area contributed by atoms with Crippen molar-refractivity contribution in [3.8, 4) is 11.5 Å². The molecule has 0 radical (unpaired) electrons. The molecule has 0 aliphatic carbocycles. The molecule has 0 spiro atoms. The van der Waals surface area contributed by atoms with Crippen LogP contribution in [0.5, 0.6) is 11.5 Å². The summed E-state index contributed by atoms with van der Waals surface area (Å²) in [7, 11) is 0. The van der Waals surface area contributed by atoms with Gasteiger partial charge in [0.1, 0.15) is 11.5 Å². The fourth-order valence-corrected chi connectivity index (χ4v) is 4.86. The molecule has 4 aromatic rings. The van der Waals surface area contributed by atoms with Crippen LogP contribution in [-0.2, 0) is 0 Å². The Balaban J connectivity index is 1.99. The number of hydrogen-bond acceptors (Lipinski definition) is 4. The van der Waals surface area contributed by atoms with Crippen LogP contribution in [0.3, 0.4) is 0 Å².